The molecule has 0 aliphatic carbocycles. The summed E-state index contributed by atoms with van der Waals surface area (Å²) < 4.78 is 10.7. The van der Waals surface area contributed by atoms with Crippen LogP contribution in [-0.4, -0.2) is 49.9 Å². The number of piperidine rings is 1. The predicted molar refractivity (Wildman–Crippen MR) is 141 cm³/mol. The minimum Gasteiger partial charge on any atom is -0.497 e. The number of nitrogens with zero attached hydrogens (tertiary/aromatic N) is 4. The average molecular weight is 485 g/mol. The molecule has 8 nitrogen and oxygen atoms in total. The standard InChI is InChI=1S/C28H28N4O4/c1-30-17-21(16-19-4-12-24(35-2)13-5-19)27-26(18-30)28(20-6-14-25(36-3)15-7-20)31(29-27)22-8-10-23(11-9-22)32(33)34/h4-16,26,28H,17-18H2,1-3H3/b21-16-/t26-,28-/m0/s1. The molecule has 2 aliphatic rings. The number of likely N-dealkylation sites (N-methyl/N-ethyl adjacent to an activating group) is 1. The number of nitro groups is 1. The van der Waals surface area contributed by atoms with Crippen molar-refractivity contribution in [2.45, 2.75) is 6.04 Å². The second kappa shape index (κ2) is 9.83. The van der Waals surface area contributed by atoms with Gasteiger partial charge in [-0.3, -0.25) is 15.1 Å². The first-order valence-electron chi connectivity index (χ1n) is 11.8. The molecule has 0 spiro atoms. The fraction of sp³-hybridized carbons (Fsp3) is 0.250. The maximum atomic E-state index is 11.2. The Morgan fingerprint density at radius 3 is 2.14 bits per heavy atom. The van der Waals surface area contributed by atoms with Crippen LogP contribution in [0.3, 0.4) is 0 Å². The quantitative estimate of drug-likeness (QED) is 0.355. The molecular formula is C28H28N4O4. The van der Waals surface area contributed by atoms with Crippen molar-refractivity contribution < 1.29 is 14.4 Å². The van der Waals surface area contributed by atoms with Crippen molar-refractivity contribution in [1.29, 1.82) is 0 Å². The van der Waals surface area contributed by atoms with Crippen molar-refractivity contribution in [3.05, 3.63) is 99.6 Å². The normalized spacial score (nSPS) is 20.7. The Morgan fingerprint density at radius 1 is 0.944 bits per heavy atom. The summed E-state index contributed by atoms with van der Waals surface area (Å²) in [6.45, 7) is 1.63. The lowest BCUT2D eigenvalue weighted by Gasteiger charge is -2.34. The highest BCUT2D eigenvalue weighted by molar-refractivity contribution is 6.09. The molecule has 0 unspecified atom stereocenters. The fourth-order valence-corrected chi connectivity index (χ4v) is 4.97. The third-order valence-corrected chi connectivity index (χ3v) is 6.73. The van der Waals surface area contributed by atoms with E-state index in [0.717, 1.165) is 52.7 Å². The number of hydrogen-bond acceptors (Lipinski definition) is 7. The van der Waals surface area contributed by atoms with Crippen molar-refractivity contribution in [1.82, 2.24) is 4.90 Å². The molecule has 8 heteroatoms. The van der Waals surface area contributed by atoms with E-state index in [4.69, 9.17) is 14.6 Å². The molecule has 2 heterocycles. The Labute approximate surface area is 210 Å². The van der Waals surface area contributed by atoms with Crippen LogP contribution in [0.15, 0.2) is 83.5 Å². The average Bonchev–Trinajstić information content (AvgIpc) is 3.28. The lowest BCUT2D eigenvalue weighted by atomic mass is 9.83. The number of hydrazone groups is 1. The molecule has 184 valence electrons. The molecule has 0 N–H and O–H groups in total. The number of hydrogen-bond donors (Lipinski definition) is 0. The number of fused-ring (bicyclic) bond motifs is 1. The third kappa shape index (κ3) is 4.55. The first kappa shape index (κ1) is 23.6. The fourth-order valence-electron chi connectivity index (χ4n) is 4.97. The molecular weight excluding hydrogens is 456 g/mol. The van der Waals surface area contributed by atoms with E-state index in [1.165, 1.54) is 12.1 Å². The predicted octanol–water partition coefficient (Wildman–Crippen LogP) is 5.17. The van der Waals surface area contributed by atoms with Crippen LogP contribution in [0.2, 0.25) is 0 Å². The highest BCUT2D eigenvalue weighted by atomic mass is 16.6. The van der Waals surface area contributed by atoms with Gasteiger partial charge in [-0.1, -0.05) is 24.3 Å². The summed E-state index contributed by atoms with van der Waals surface area (Å²) >= 11 is 0. The smallest absolute Gasteiger partial charge is 0.269 e. The molecule has 1 fully saturated rings. The highest BCUT2D eigenvalue weighted by Crippen LogP contribution is 2.43. The van der Waals surface area contributed by atoms with Crippen LogP contribution in [0, 0.1) is 16.0 Å². The zero-order valence-corrected chi connectivity index (χ0v) is 20.5. The van der Waals surface area contributed by atoms with Gasteiger partial charge >= 0.3 is 0 Å². The summed E-state index contributed by atoms with van der Waals surface area (Å²) in [5.41, 5.74) is 5.26. The Balaban J connectivity index is 1.58. The number of methoxy groups -OCH3 is 2. The number of rotatable bonds is 6. The molecule has 0 saturated carbocycles. The van der Waals surface area contributed by atoms with Gasteiger partial charge in [-0.15, -0.1) is 0 Å². The van der Waals surface area contributed by atoms with Gasteiger partial charge in [0.15, 0.2) is 0 Å². The van der Waals surface area contributed by atoms with E-state index in [1.807, 2.05) is 41.4 Å². The molecule has 5 rings (SSSR count). The first-order valence-corrected chi connectivity index (χ1v) is 11.8. The summed E-state index contributed by atoms with van der Waals surface area (Å²) in [6.07, 6.45) is 2.19. The van der Waals surface area contributed by atoms with Gasteiger partial charge in [0.25, 0.3) is 5.69 Å². The molecule has 0 aromatic heterocycles. The van der Waals surface area contributed by atoms with Crippen LogP contribution < -0.4 is 14.5 Å². The Bertz CT molecular complexity index is 1300. The summed E-state index contributed by atoms with van der Waals surface area (Å²) in [7, 11) is 5.44. The van der Waals surface area contributed by atoms with E-state index in [9.17, 15) is 10.1 Å². The number of likely N-dealkylation sites (tertiary alicyclic amines) is 1. The Hall–Kier alpha value is -4.17. The van der Waals surface area contributed by atoms with Crippen LogP contribution in [0.5, 0.6) is 11.5 Å². The second-order valence-corrected chi connectivity index (χ2v) is 9.07. The third-order valence-electron chi connectivity index (χ3n) is 6.73. The van der Waals surface area contributed by atoms with Crippen molar-refractivity contribution >= 4 is 23.2 Å². The molecule has 36 heavy (non-hydrogen) atoms. The maximum absolute atomic E-state index is 11.2. The van der Waals surface area contributed by atoms with E-state index in [1.54, 1.807) is 26.4 Å². The molecule has 2 atom stereocenters. The van der Waals surface area contributed by atoms with Crippen molar-refractivity contribution in [2.75, 3.05) is 39.4 Å². The molecule has 0 radical (unpaired) electrons. The van der Waals surface area contributed by atoms with Crippen LogP contribution >= 0.6 is 0 Å². The van der Waals surface area contributed by atoms with Gasteiger partial charge in [0.05, 0.1) is 36.6 Å². The van der Waals surface area contributed by atoms with E-state index in [2.05, 4.69) is 30.2 Å². The minimum absolute atomic E-state index is 0.0591. The van der Waals surface area contributed by atoms with Gasteiger partial charge in [-0.25, -0.2) is 0 Å². The maximum Gasteiger partial charge on any atom is 0.269 e. The summed E-state index contributed by atoms with van der Waals surface area (Å²) in [5, 5.41) is 18.3. The molecule has 0 amide bonds. The van der Waals surface area contributed by atoms with Gasteiger partial charge in [-0.2, -0.15) is 5.10 Å². The highest BCUT2D eigenvalue weighted by Gasteiger charge is 2.43. The van der Waals surface area contributed by atoms with Crippen molar-refractivity contribution in [3.8, 4) is 11.5 Å². The zero-order valence-electron chi connectivity index (χ0n) is 20.5. The SMILES string of the molecule is COc1ccc(/C=C2/CN(C)C[C@H]3C2=NN(c2ccc([N+](=O)[O-])cc2)[C@H]3c2ccc(OC)cc2)cc1. The van der Waals surface area contributed by atoms with E-state index >= 15 is 0 Å². The van der Waals surface area contributed by atoms with Crippen LogP contribution in [-0.2, 0) is 0 Å². The van der Waals surface area contributed by atoms with Crippen molar-refractivity contribution in [2.24, 2.45) is 11.0 Å². The molecule has 3 aromatic rings. The van der Waals surface area contributed by atoms with Gasteiger partial charge in [-0.05, 0) is 66.2 Å². The molecule has 2 aliphatic heterocycles. The van der Waals surface area contributed by atoms with E-state index in [0.29, 0.717) is 0 Å². The lowest BCUT2D eigenvalue weighted by molar-refractivity contribution is -0.384. The number of benzene rings is 3. The summed E-state index contributed by atoms with van der Waals surface area (Å²) in [6, 6.07) is 22.6. The van der Waals surface area contributed by atoms with Crippen LogP contribution in [0.25, 0.3) is 6.08 Å². The van der Waals surface area contributed by atoms with Crippen LogP contribution in [0.4, 0.5) is 11.4 Å². The number of ether oxygens (including phenoxy) is 2. The monoisotopic (exact) mass is 484 g/mol. The van der Waals surface area contributed by atoms with Crippen LogP contribution in [0.1, 0.15) is 17.2 Å². The first-order chi connectivity index (χ1) is 17.5. The van der Waals surface area contributed by atoms with Gasteiger partial charge in [0.1, 0.15) is 11.5 Å². The van der Waals surface area contributed by atoms with Gasteiger partial charge in [0, 0.05) is 31.1 Å². The number of anilines is 1. The van der Waals surface area contributed by atoms with E-state index < -0.39 is 0 Å². The molecule has 3 aromatic carbocycles. The molecule has 0 bridgehead atoms. The van der Waals surface area contributed by atoms with Gasteiger partial charge in [0.2, 0.25) is 0 Å². The lowest BCUT2D eigenvalue weighted by Crippen LogP contribution is -2.41. The minimum atomic E-state index is -0.384. The Morgan fingerprint density at radius 2 is 1.56 bits per heavy atom. The van der Waals surface area contributed by atoms with Crippen molar-refractivity contribution in [3.63, 3.8) is 0 Å². The summed E-state index contributed by atoms with van der Waals surface area (Å²) in [5.74, 6) is 1.73. The van der Waals surface area contributed by atoms with E-state index in [-0.39, 0.29) is 22.6 Å². The summed E-state index contributed by atoms with van der Waals surface area (Å²) in [4.78, 5) is 13.1. The second-order valence-electron chi connectivity index (χ2n) is 9.07. The topological polar surface area (TPSA) is 80.4 Å². The Kier molecular flexibility index (Phi) is 6.43. The largest absolute Gasteiger partial charge is 0.497 e. The number of non-ortho nitro benzene ring substituents is 1. The zero-order chi connectivity index (χ0) is 25.2. The molecule has 1 saturated heterocycles. The van der Waals surface area contributed by atoms with Gasteiger partial charge < -0.3 is 14.4 Å². The number of nitro benzene ring substituents is 1.